The van der Waals surface area contributed by atoms with E-state index in [1.54, 1.807) is 7.11 Å². The van der Waals surface area contributed by atoms with Gasteiger partial charge in [-0.3, -0.25) is 0 Å². The Hall–Kier alpha value is -2.66. The van der Waals surface area contributed by atoms with Crippen molar-refractivity contribution < 1.29 is 9.26 Å². The monoisotopic (exact) mass is 309 g/mol. The molecule has 0 spiro atoms. The molecule has 1 N–H and O–H groups in total. The maximum absolute atomic E-state index is 5.30. The Bertz CT molecular complexity index is 724. The topological polar surface area (TPSA) is 60.2 Å². The molecule has 0 aliphatic carbocycles. The molecule has 0 saturated heterocycles. The first-order valence-electron chi connectivity index (χ1n) is 7.57. The van der Waals surface area contributed by atoms with E-state index in [0.29, 0.717) is 18.3 Å². The predicted molar refractivity (Wildman–Crippen MR) is 88.1 cm³/mol. The maximum atomic E-state index is 5.30. The summed E-state index contributed by atoms with van der Waals surface area (Å²) in [4.78, 5) is 4.40. The van der Waals surface area contributed by atoms with Crippen molar-refractivity contribution in [3.63, 3.8) is 0 Å². The van der Waals surface area contributed by atoms with Crippen LogP contribution in [0.3, 0.4) is 0 Å². The van der Waals surface area contributed by atoms with Crippen molar-refractivity contribution >= 4 is 0 Å². The molecule has 0 fully saturated rings. The van der Waals surface area contributed by atoms with Gasteiger partial charge in [-0.1, -0.05) is 35.5 Å². The van der Waals surface area contributed by atoms with Crippen LogP contribution < -0.4 is 10.1 Å². The molecule has 0 atom stereocenters. The standard InChI is InChI=1S/C18H19N3O2/c1-22-16-9-7-15(8-10-16)18-20-17(21-23-18)13-19-12-11-14-5-3-2-4-6-14/h2-10,19H,11-13H2,1H3. The molecule has 5 nitrogen and oxygen atoms in total. The molecule has 0 amide bonds. The Labute approximate surface area is 135 Å². The van der Waals surface area contributed by atoms with Gasteiger partial charge in [-0.2, -0.15) is 4.98 Å². The minimum atomic E-state index is 0.521. The zero-order chi connectivity index (χ0) is 15.9. The molecule has 1 aromatic heterocycles. The molecular weight excluding hydrogens is 290 g/mol. The summed E-state index contributed by atoms with van der Waals surface area (Å²) >= 11 is 0. The molecule has 1 heterocycles. The van der Waals surface area contributed by atoms with Crippen LogP contribution in [-0.2, 0) is 13.0 Å². The predicted octanol–water partition coefficient (Wildman–Crippen LogP) is 3.08. The third kappa shape index (κ3) is 4.17. The van der Waals surface area contributed by atoms with E-state index in [1.165, 1.54) is 5.56 Å². The number of rotatable bonds is 7. The summed E-state index contributed by atoms with van der Waals surface area (Å²) < 4.78 is 10.4. The van der Waals surface area contributed by atoms with Gasteiger partial charge >= 0.3 is 0 Å². The normalized spacial score (nSPS) is 10.7. The highest BCUT2D eigenvalue weighted by atomic mass is 16.5. The van der Waals surface area contributed by atoms with Crippen LogP contribution in [0.2, 0.25) is 0 Å². The fourth-order valence-corrected chi connectivity index (χ4v) is 2.25. The minimum Gasteiger partial charge on any atom is -0.497 e. The molecule has 2 aromatic carbocycles. The van der Waals surface area contributed by atoms with Crippen molar-refractivity contribution in [3.05, 3.63) is 66.0 Å². The number of nitrogens with one attached hydrogen (secondary N) is 1. The first-order chi connectivity index (χ1) is 11.3. The second-order valence-electron chi connectivity index (χ2n) is 5.16. The van der Waals surface area contributed by atoms with Crippen molar-refractivity contribution in [3.8, 4) is 17.2 Å². The van der Waals surface area contributed by atoms with Gasteiger partial charge in [0, 0.05) is 5.56 Å². The Balaban J connectivity index is 1.51. The lowest BCUT2D eigenvalue weighted by Gasteiger charge is -2.01. The average molecular weight is 309 g/mol. The summed E-state index contributed by atoms with van der Waals surface area (Å²) in [5.41, 5.74) is 2.20. The van der Waals surface area contributed by atoms with Gasteiger partial charge in [0.05, 0.1) is 13.7 Å². The second-order valence-corrected chi connectivity index (χ2v) is 5.16. The van der Waals surface area contributed by atoms with Gasteiger partial charge in [0.15, 0.2) is 5.82 Å². The number of aromatic nitrogens is 2. The van der Waals surface area contributed by atoms with Gasteiger partial charge in [-0.15, -0.1) is 0 Å². The molecule has 0 saturated carbocycles. The summed E-state index contributed by atoms with van der Waals surface area (Å²) in [6.45, 7) is 1.46. The lowest BCUT2D eigenvalue weighted by molar-refractivity contribution is 0.413. The highest BCUT2D eigenvalue weighted by Gasteiger charge is 2.08. The Morgan fingerprint density at radius 1 is 1.04 bits per heavy atom. The molecule has 0 aliphatic heterocycles. The van der Waals surface area contributed by atoms with E-state index >= 15 is 0 Å². The van der Waals surface area contributed by atoms with Gasteiger partial charge in [0.1, 0.15) is 5.75 Å². The number of benzene rings is 2. The summed E-state index contributed by atoms with van der Waals surface area (Å²) in [5.74, 6) is 1.98. The van der Waals surface area contributed by atoms with Gasteiger partial charge < -0.3 is 14.6 Å². The van der Waals surface area contributed by atoms with Crippen LogP contribution >= 0.6 is 0 Å². The average Bonchev–Trinajstić information content (AvgIpc) is 3.09. The Morgan fingerprint density at radius 2 is 1.83 bits per heavy atom. The number of methoxy groups -OCH3 is 1. The van der Waals surface area contributed by atoms with Crippen LogP contribution in [0.5, 0.6) is 5.75 Å². The SMILES string of the molecule is COc1ccc(-c2nc(CNCCc3ccccc3)no2)cc1. The molecule has 3 rings (SSSR count). The fraction of sp³-hybridized carbons (Fsp3) is 0.222. The van der Waals surface area contributed by atoms with E-state index < -0.39 is 0 Å². The molecule has 118 valence electrons. The molecule has 5 heteroatoms. The Kier molecular flexibility index (Phi) is 5.01. The largest absolute Gasteiger partial charge is 0.497 e. The fourth-order valence-electron chi connectivity index (χ4n) is 2.25. The highest BCUT2D eigenvalue weighted by Crippen LogP contribution is 2.20. The summed E-state index contributed by atoms with van der Waals surface area (Å²) in [6, 6.07) is 17.9. The molecule has 0 aliphatic rings. The maximum Gasteiger partial charge on any atom is 0.257 e. The van der Waals surface area contributed by atoms with Crippen molar-refractivity contribution in [2.75, 3.05) is 13.7 Å². The van der Waals surface area contributed by atoms with Crippen LogP contribution in [0, 0.1) is 0 Å². The highest BCUT2D eigenvalue weighted by molar-refractivity contribution is 5.54. The van der Waals surface area contributed by atoms with Crippen LogP contribution in [-0.4, -0.2) is 23.8 Å². The molecule has 0 bridgehead atoms. The third-order valence-electron chi connectivity index (χ3n) is 3.52. The van der Waals surface area contributed by atoms with Crippen LogP contribution in [0.25, 0.3) is 11.5 Å². The molecule has 0 unspecified atom stereocenters. The van der Waals surface area contributed by atoms with Crippen molar-refractivity contribution in [2.45, 2.75) is 13.0 Å². The third-order valence-corrected chi connectivity index (χ3v) is 3.52. The zero-order valence-corrected chi connectivity index (χ0v) is 13.0. The van der Waals surface area contributed by atoms with E-state index in [4.69, 9.17) is 9.26 Å². The Morgan fingerprint density at radius 3 is 2.57 bits per heavy atom. The van der Waals surface area contributed by atoms with E-state index in [0.717, 1.165) is 24.3 Å². The lowest BCUT2D eigenvalue weighted by atomic mass is 10.1. The number of hydrogen-bond donors (Lipinski definition) is 1. The number of ether oxygens (including phenoxy) is 1. The van der Waals surface area contributed by atoms with Crippen LogP contribution in [0.1, 0.15) is 11.4 Å². The lowest BCUT2D eigenvalue weighted by Crippen LogP contribution is -2.17. The smallest absolute Gasteiger partial charge is 0.257 e. The molecular formula is C18H19N3O2. The summed E-state index contributed by atoms with van der Waals surface area (Å²) in [5, 5.41) is 7.33. The van der Waals surface area contributed by atoms with E-state index in [2.05, 4.69) is 39.7 Å². The van der Waals surface area contributed by atoms with Crippen molar-refractivity contribution in [1.82, 2.24) is 15.5 Å². The van der Waals surface area contributed by atoms with Crippen LogP contribution in [0.4, 0.5) is 0 Å². The molecule has 3 aromatic rings. The van der Waals surface area contributed by atoms with Crippen molar-refractivity contribution in [2.24, 2.45) is 0 Å². The number of nitrogens with zero attached hydrogens (tertiary/aromatic N) is 2. The van der Waals surface area contributed by atoms with E-state index in [9.17, 15) is 0 Å². The quantitative estimate of drug-likeness (QED) is 0.680. The summed E-state index contributed by atoms with van der Waals surface area (Å²) in [6.07, 6.45) is 0.976. The van der Waals surface area contributed by atoms with E-state index in [1.807, 2.05) is 30.3 Å². The molecule has 23 heavy (non-hydrogen) atoms. The summed E-state index contributed by atoms with van der Waals surface area (Å²) in [7, 11) is 1.64. The van der Waals surface area contributed by atoms with E-state index in [-0.39, 0.29) is 0 Å². The first-order valence-corrected chi connectivity index (χ1v) is 7.57. The first kappa shape index (κ1) is 15.2. The zero-order valence-electron chi connectivity index (χ0n) is 13.0. The minimum absolute atomic E-state index is 0.521. The van der Waals surface area contributed by atoms with Gasteiger partial charge in [0.25, 0.3) is 5.89 Å². The number of hydrogen-bond acceptors (Lipinski definition) is 5. The van der Waals surface area contributed by atoms with Gasteiger partial charge in [-0.25, -0.2) is 0 Å². The van der Waals surface area contributed by atoms with Gasteiger partial charge in [0.2, 0.25) is 0 Å². The van der Waals surface area contributed by atoms with Crippen molar-refractivity contribution in [1.29, 1.82) is 0 Å². The molecule has 0 radical (unpaired) electrons. The van der Waals surface area contributed by atoms with Gasteiger partial charge in [-0.05, 0) is 42.8 Å². The van der Waals surface area contributed by atoms with Crippen LogP contribution in [0.15, 0.2) is 59.1 Å². The second kappa shape index (κ2) is 7.56.